The predicted octanol–water partition coefficient (Wildman–Crippen LogP) is 6.14. The third-order valence-electron chi connectivity index (χ3n) is 7.70. The number of halogens is 1. The van der Waals surface area contributed by atoms with E-state index in [-0.39, 0.29) is 11.9 Å². The third-order valence-corrected chi connectivity index (χ3v) is 8.10. The summed E-state index contributed by atoms with van der Waals surface area (Å²) in [6.45, 7) is 5.14. The van der Waals surface area contributed by atoms with Crippen LogP contribution in [0.15, 0.2) is 66.9 Å². The molecule has 4 heterocycles. The molecule has 1 saturated heterocycles. The molecule has 43 heavy (non-hydrogen) atoms. The average Bonchev–Trinajstić information content (AvgIpc) is 3.02. The highest BCUT2D eigenvalue weighted by molar-refractivity contribution is 6.36. The molecule has 1 atom stereocenters. The van der Waals surface area contributed by atoms with E-state index in [2.05, 4.69) is 43.9 Å². The number of nitrogens with one attached hydrogen (secondary N) is 3. The lowest BCUT2D eigenvalue weighted by Crippen LogP contribution is -2.45. The largest absolute Gasteiger partial charge is 0.481 e. The molecule has 1 aliphatic rings. The number of methoxy groups -OCH3 is 1. The first-order valence-electron chi connectivity index (χ1n) is 14.2. The van der Waals surface area contributed by atoms with Gasteiger partial charge in [-0.3, -0.25) is 9.78 Å². The van der Waals surface area contributed by atoms with Gasteiger partial charge in [0.05, 0.1) is 23.3 Å². The van der Waals surface area contributed by atoms with Gasteiger partial charge >= 0.3 is 0 Å². The number of nitrogens with zero attached hydrogens (tertiary/aromatic N) is 4. The zero-order chi connectivity index (χ0) is 29.9. The SMILES string of the molecule is COc1nc(-c2cccc(-c3cccc(Nc4nc(C)nc5cccnc45)c3C)c2Cl)ccc1CN[C@H]1CCC(=O)NC1. The molecule has 3 aromatic heterocycles. The van der Waals surface area contributed by atoms with Gasteiger partial charge in [-0.15, -0.1) is 0 Å². The molecule has 0 unspecified atom stereocenters. The number of carbonyl (C=O) groups is 1. The fourth-order valence-electron chi connectivity index (χ4n) is 5.39. The van der Waals surface area contributed by atoms with Crippen LogP contribution in [-0.4, -0.2) is 45.5 Å². The van der Waals surface area contributed by atoms with Crippen LogP contribution in [0.2, 0.25) is 5.02 Å². The van der Waals surface area contributed by atoms with E-state index in [1.807, 2.05) is 61.5 Å². The number of piperidine rings is 1. The first-order chi connectivity index (χ1) is 20.9. The van der Waals surface area contributed by atoms with Gasteiger partial charge in [0.25, 0.3) is 0 Å². The number of pyridine rings is 2. The Hall–Kier alpha value is -4.60. The number of anilines is 2. The highest BCUT2D eigenvalue weighted by Crippen LogP contribution is 2.40. The molecule has 2 aromatic carbocycles. The van der Waals surface area contributed by atoms with Crippen LogP contribution in [0.4, 0.5) is 11.5 Å². The van der Waals surface area contributed by atoms with Gasteiger partial charge in [0, 0.05) is 54.1 Å². The van der Waals surface area contributed by atoms with E-state index in [4.69, 9.17) is 21.3 Å². The van der Waals surface area contributed by atoms with Gasteiger partial charge in [0.2, 0.25) is 11.8 Å². The van der Waals surface area contributed by atoms with Crippen molar-refractivity contribution < 1.29 is 9.53 Å². The number of hydrogen-bond acceptors (Lipinski definition) is 8. The van der Waals surface area contributed by atoms with Gasteiger partial charge in [-0.25, -0.2) is 15.0 Å². The summed E-state index contributed by atoms with van der Waals surface area (Å²) < 4.78 is 5.66. The van der Waals surface area contributed by atoms with Crippen molar-refractivity contribution in [3.05, 3.63) is 88.8 Å². The van der Waals surface area contributed by atoms with Crippen LogP contribution in [-0.2, 0) is 11.3 Å². The summed E-state index contributed by atoms with van der Waals surface area (Å²) in [4.78, 5) is 29.9. The number of fused-ring (bicyclic) bond motifs is 1. The topological polar surface area (TPSA) is 114 Å². The molecular weight excluding hydrogens is 562 g/mol. The predicted molar refractivity (Wildman–Crippen MR) is 170 cm³/mol. The highest BCUT2D eigenvalue weighted by Gasteiger charge is 2.19. The van der Waals surface area contributed by atoms with Gasteiger partial charge in [0.1, 0.15) is 11.3 Å². The van der Waals surface area contributed by atoms with Crippen LogP contribution in [0, 0.1) is 13.8 Å². The van der Waals surface area contributed by atoms with E-state index in [1.54, 1.807) is 13.3 Å². The molecule has 1 aliphatic heterocycles. The summed E-state index contributed by atoms with van der Waals surface area (Å²) in [6.07, 6.45) is 3.09. The van der Waals surface area contributed by atoms with E-state index in [9.17, 15) is 4.79 Å². The van der Waals surface area contributed by atoms with Gasteiger partial charge in [-0.2, -0.15) is 0 Å². The smallest absolute Gasteiger partial charge is 0.220 e. The summed E-state index contributed by atoms with van der Waals surface area (Å²) in [6, 6.07) is 20.0. The lowest BCUT2D eigenvalue weighted by Gasteiger charge is -2.24. The van der Waals surface area contributed by atoms with Gasteiger partial charge < -0.3 is 20.7 Å². The average molecular weight is 594 g/mol. The van der Waals surface area contributed by atoms with Crippen molar-refractivity contribution >= 4 is 40.0 Å². The fraction of sp³-hybridized carbons (Fsp3) is 0.242. The van der Waals surface area contributed by atoms with Gasteiger partial charge in [-0.1, -0.05) is 48.0 Å². The minimum atomic E-state index is 0.103. The van der Waals surface area contributed by atoms with E-state index in [1.165, 1.54) is 0 Å². The lowest BCUT2D eigenvalue weighted by molar-refractivity contribution is -0.122. The quantitative estimate of drug-likeness (QED) is 0.196. The van der Waals surface area contributed by atoms with Crippen molar-refractivity contribution in [1.82, 2.24) is 30.6 Å². The van der Waals surface area contributed by atoms with Crippen molar-refractivity contribution in [1.29, 1.82) is 0 Å². The normalized spacial score (nSPS) is 14.9. The summed E-state index contributed by atoms with van der Waals surface area (Å²) in [5.74, 6) is 1.96. The summed E-state index contributed by atoms with van der Waals surface area (Å²) in [5.41, 5.74) is 7.78. The van der Waals surface area contributed by atoms with Gasteiger partial charge in [-0.05, 0) is 55.7 Å². The van der Waals surface area contributed by atoms with Crippen LogP contribution < -0.4 is 20.7 Å². The van der Waals surface area contributed by atoms with Crippen LogP contribution >= 0.6 is 11.6 Å². The van der Waals surface area contributed by atoms with Crippen LogP contribution in [0.1, 0.15) is 29.8 Å². The minimum absolute atomic E-state index is 0.103. The van der Waals surface area contributed by atoms with Gasteiger partial charge in [0.15, 0.2) is 5.82 Å². The third kappa shape index (κ3) is 6.00. The molecule has 218 valence electrons. The number of amides is 1. The first-order valence-corrected chi connectivity index (χ1v) is 14.6. The molecule has 9 nitrogen and oxygen atoms in total. The minimum Gasteiger partial charge on any atom is -0.481 e. The van der Waals surface area contributed by atoms with E-state index < -0.39 is 0 Å². The molecule has 0 aliphatic carbocycles. The van der Waals surface area contributed by atoms with Crippen LogP contribution in [0.25, 0.3) is 33.4 Å². The molecule has 1 amide bonds. The number of hydrogen-bond donors (Lipinski definition) is 3. The molecular formula is C33H32ClN7O2. The van der Waals surface area contributed by atoms with Crippen LogP contribution in [0.3, 0.4) is 0 Å². The number of rotatable bonds is 8. The molecule has 6 rings (SSSR count). The standard InChI is InChI=1S/C33H32ClN7O2/c1-19-23(7-5-10-26(19)40-32-31-28(11-6-16-35-31)38-20(2)39-32)24-8-4-9-25(30(24)34)27-14-12-21(33(41-27)43-3)17-36-22-13-15-29(42)37-18-22/h4-12,14,16,22,36H,13,15,17-18H2,1-3H3,(H,37,42)(H,38,39,40)/t22-/m0/s1. The molecule has 3 N–H and O–H groups in total. The zero-order valence-corrected chi connectivity index (χ0v) is 25.0. The highest BCUT2D eigenvalue weighted by atomic mass is 35.5. The first kappa shape index (κ1) is 28.5. The monoisotopic (exact) mass is 593 g/mol. The number of aromatic nitrogens is 4. The Balaban J connectivity index is 1.28. The van der Waals surface area contributed by atoms with Crippen LogP contribution in [0.5, 0.6) is 5.88 Å². The molecule has 0 saturated carbocycles. The van der Waals surface area contributed by atoms with Crippen molar-refractivity contribution in [2.24, 2.45) is 0 Å². The van der Waals surface area contributed by atoms with Crippen molar-refractivity contribution in [3.63, 3.8) is 0 Å². The Kier molecular flexibility index (Phi) is 8.18. The van der Waals surface area contributed by atoms with E-state index >= 15 is 0 Å². The fourth-order valence-corrected chi connectivity index (χ4v) is 5.72. The Bertz CT molecular complexity index is 1820. The molecule has 10 heteroatoms. The van der Waals surface area contributed by atoms with Crippen molar-refractivity contribution in [3.8, 4) is 28.3 Å². The maximum absolute atomic E-state index is 11.5. The summed E-state index contributed by atoms with van der Waals surface area (Å²) in [5, 5.41) is 10.5. The summed E-state index contributed by atoms with van der Waals surface area (Å²) >= 11 is 7.09. The Labute approximate surface area is 255 Å². The Morgan fingerprint density at radius 3 is 2.60 bits per heavy atom. The number of benzene rings is 2. The number of ether oxygens (including phenoxy) is 1. The second kappa shape index (κ2) is 12.3. The lowest BCUT2D eigenvalue weighted by atomic mass is 9.96. The molecule has 0 radical (unpaired) electrons. The molecule has 0 bridgehead atoms. The molecule has 0 spiro atoms. The van der Waals surface area contributed by atoms with E-state index in [0.717, 1.165) is 51.1 Å². The number of aryl methyl sites for hydroxylation is 1. The Morgan fingerprint density at radius 2 is 1.79 bits per heavy atom. The number of carbonyl (C=O) groups excluding carboxylic acids is 1. The molecule has 1 fully saturated rings. The second-order valence-corrected chi connectivity index (χ2v) is 10.9. The second-order valence-electron chi connectivity index (χ2n) is 10.5. The van der Waals surface area contributed by atoms with Crippen molar-refractivity contribution in [2.45, 2.75) is 39.3 Å². The summed E-state index contributed by atoms with van der Waals surface area (Å²) in [7, 11) is 1.62. The zero-order valence-electron chi connectivity index (χ0n) is 24.2. The maximum Gasteiger partial charge on any atom is 0.220 e. The van der Waals surface area contributed by atoms with Crippen molar-refractivity contribution in [2.75, 3.05) is 19.0 Å². The Morgan fingerprint density at radius 1 is 0.977 bits per heavy atom. The molecule has 5 aromatic rings. The van der Waals surface area contributed by atoms with E-state index in [0.29, 0.717) is 47.6 Å². The maximum atomic E-state index is 11.5.